The third kappa shape index (κ3) is 4.00. The first-order valence-corrected chi connectivity index (χ1v) is 10.9. The molecule has 0 radical (unpaired) electrons. The van der Waals surface area contributed by atoms with Crippen molar-refractivity contribution in [2.75, 3.05) is 44.1 Å². The molecule has 1 amide bonds. The number of hydrogen-bond acceptors (Lipinski definition) is 7. The van der Waals surface area contributed by atoms with Crippen molar-refractivity contribution in [3.63, 3.8) is 0 Å². The normalized spacial score (nSPS) is 13.9. The van der Waals surface area contributed by atoms with Gasteiger partial charge in [-0.1, -0.05) is 0 Å². The molecular formula is C22H24N4O3S. The van der Waals surface area contributed by atoms with Crippen molar-refractivity contribution in [3.05, 3.63) is 47.8 Å². The van der Waals surface area contributed by atoms with Crippen LogP contribution in [0.2, 0.25) is 0 Å². The molecule has 1 aliphatic heterocycles. The molecule has 1 fully saturated rings. The Labute approximate surface area is 179 Å². The number of pyridine rings is 2. The highest BCUT2D eigenvalue weighted by Gasteiger charge is 2.23. The Morgan fingerprint density at radius 1 is 1.10 bits per heavy atom. The summed E-state index contributed by atoms with van der Waals surface area (Å²) in [5, 5.41) is 4.21. The quantitative estimate of drug-likeness (QED) is 0.666. The molecule has 156 valence electrons. The average molecular weight is 425 g/mol. The standard InChI is InChI=1S/C22H24N4O3S/c1-14-4-6-16-20(25-15-5-7-18(28-2)19(12-15)29-3)17(13-23-21(16)24-14)22(27)26-8-10-30-11-9-26/h4-7,12-13H,8-11H2,1-3H3,(H,23,24,25). The summed E-state index contributed by atoms with van der Waals surface area (Å²) in [6, 6.07) is 9.45. The molecule has 30 heavy (non-hydrogen) atoms. The number of rotatable bonds is 5. The van der Waals surface area contributed by atoms with Crippen molar-refractivity contribution in [2.45, 2.75) is 6.92 Å². The number of nitrogens with one attached hydrogen (secondary N) is 1. The lowest BCUT2D eigenvalue weighted by Gasteiger charge is -2.27. The van der Waals surface area contributed by atoms with Crippen molar-refractivity contribution in [2.24, 2.45) is 0 Å². The third-order valence-corrected chi connectivity index (χ3v) is 5.99. The maximum absolute atomic E-state index is 13.3. The summed E-state index contributed by atoms with van der Waals surface area (Å²) in [5.74, 6) is 3.13. The first kappa shape index (κ1) is 20.3. The number of hydrogen-bond donors (Lipinski definition) is 1. The maximum atomic E-state index is 13.3. The number of anilines is 2. The van der Waals surface area contributed by atoms with Gasteiger partial charge in [-0.05, 0) is 31.2 Å². The second-order valence-electron chi connectivity index (χ2n) is 6.97. The number of methoxy groups -OCH3 is 2. The first-order chi connectivity index (χ1) is 14.6. The number of aryl methyl sites for hydroxylation is 1. The lowest BCUT2D eigenvalue weighted by Crippen LogP contribution is -2.38. The summed E-state index contributed by atoms with van der Waals surface area (Å²) < 4.78 is 10.8. The number of benzene rings is 1. The van der Waals surface area contributed by atoms with Gasteiger partial charge in [0.25, 0.3) is 5.91 Å². The lowest BCUT2D eigenvalue weighted by atomic mass is 10.1. The Hall–Kier alpha value is -3.00. The van der Waals surface area contributed by atoms with Gasteiger partial charge in [0.05, 0.1) is 25.5 Å². The summed E-state index contributed by atoms with van der Waals surface area (Å²) in [7, 11) is 3.20. The average Bonchev–Trinajstić information content (AvgIpc) is 2.79. The van der Waals surface area contributed by atoms with Crippen LogP contribution in [0, 0.1) is 6.92 Å². The number of nitrogens with zero attached hydrogens (tertiary/aromatic N) is 3. The van der Waals surface area contributed by atoms with E-state index >= 15 is 0 Å². The predicted octanol–water partition coefficient (Wildman–Crippen LogP) is 3.89. The van der Waals surface area contributed by atoms with E-state index in [1.807, 2.05) is 53.9 Å². The maximum Gasteiger partial charge on any atom is 0.257 e. The Kier molecular flexibility index (Phi) is 5.94. The number of fused-ring (bicyclic) bond motifs is 1. The minimum Gasteiger partial charge on any atom is -0.493 e. The second-order valence-corrected chi connectivity index (χ2v) is 8.19. The number of amides is 1. The summed E-state index contributed by atoms with van der Waals surface area (Å²) in [6.45, 7) is 3.40. The number of carbonyl (C=O) groups excluding carboxylic acids is 1. The molecular weight excluding hydrogens is 400 g/mol. The smallest absolute Gasteiger partial charge is 0.257 e. The first-order valence-electron chi connectivity index (χ1n) is 9.73. The van der Waals surface area contributed by atoms with Crippen LogP contribution in [0.3, 0.4) is 0 Å². The van der Waals surface area contributed by atoms with Gasteiger partial charge in [0.1, 0.15) is 0 Å². The molecule has 0 spiro atoms. The van der Waals surface area contributed by atoms with E-state index in [1.54, 1.807) is 20.4 Å². The lowest BCUT2D eigenvalue weighted by molar-refractivity contribution is 0.0773. The van der Waals surface area contributed by atoms with E-state index in [0.717, 1.165) is 41.4 Å². The molecule has 0 bridgehead atoms. The van der Waals surface area contributed by atoms with Crippen molar-refractivity contribution in [1.29, 1.82) is 0 Å². The fourth-order valence-corrected chi connectivity index (χ4v) is 4.37. The minimum atomic E-state index is -0.0201. The van der Waals surface area contributed by atoms with Crippen molar-refractivity contribution < 1.29 is 14.3 Å². The van der Waals surface area contributed by atoms with E-state index in [9.17, 15) is 4.79 Å². The zero-order valence-electron chi connectivity index (χ0n) is 17.3. The van der Waals surface area contributed by atoms with Crippen LogP contribution in [0.25, 0.3) is 11.0 Å². The van der Waals surface area contributed by atoms with Gasteiger partial charge in [0.15, 0.2) is 17.1 Å². The monoisotopic (exact) mass is 424 g/mol. The molecule has 0 atom stereocenters. The predicted molar refractivity (Wildman–Crippen MR) is 120 cm³/mol. The van der Waals surface area contributed by atoms with Crippen molar-refractivity contribution in [1.82, 2.24) is 14.9 Å². The molecule has 2 aromatic heterocycles. The Morgan fingerprint density at radius 3 is 2.60 bits per heavy atom. The molecule has 7 nitrogen and oxygen atoms in total. The van der Waals surface area contributed by atoms with Gasteiger partial charge in [0, 0.05) is 53.6 Å². The van der Waals surface area contributed by atoms with Crippen LogP contribution in [-0.4, -0.2) is 59.6 Å². The van der Waals surface area contributed by atoms with Gasteiger partial charge >= 0.3 is 0 Å². The topological polar surface area (TPSA) is 76.6 Å². The highest BCUT2D eigenvalue weighted by Crippen LogP contribution is 2.34. The highest BCUT2D eigenvalue weighted by molar-refractivity contribution is 7.99. The Morgan fingerprint density at radius 2 is 1.87 bits per heavy atom. The molecule has 3 aromatic rings. The summed E-state index contributed by atoms with van der Waals surface area (Å²) in [4.78, 5) is 24.2. The second kappa shape index (κ2) is 8.79. The van der Waals surface area contributed by atoms with Gasteiger partial charge in [-0.3, -0.25) is 4.79 Å². The SMILES string of the molecule is COc1ccc(Nc2c(C(=O)N3CCSCC3)cnc3nc(C)ccc23)cc1OC. The summed E-state index contributed by atoms with van der Waals surface area (Å²) in [6.07, 6.45) is 1.63. The summed E-state index contributed by atoms with van der Waals surface area (Å²) >= 11 is 1.87. The summed E-state index contributed by atoms with van der Waals surface area (Å²) in [5.41, 5.74) is 3.49. The van der Waals surface area contributed by atoms with E-state index in [0.29, 0.717) is 28.4 Å². The van der Waals surface area contributed by atoms with Crippen LogP contribution in [-0.2, 0) is 0 Å². The molecule has 0 aliphatic carbocycles. The van der Waals surface area contributed by atoms with E-state index < -0.39 is 0 Å². The van der Waals surface area contributed by atoms with Crippen LogP contribution >= 0.6 is 11.8 Å². The molecule has 4 rings (SSSR count). The number of ether oxygens (including phenoxy) is 2. The Bertz CT molecular complexity index is 1080. The van der Waals surface area contributed by atoms with Crippen molar-refractivity contribution in [3.8, 4) is 11.5 Å². The highest BCUT2D eigenvalue weighted by atomic mass is 32.2. The van der Waals surface area contributed by atoms with Gasteiger partial charge in [0.2, 0.25) is 0 Å². The van der Waals surface area contributed by atoms with Crippen LogP contribution < -0.4 is 14.8 Å². The van der Waals surface area contributed by atoms with Crippen molar-refractivity contribution >= 4 is 40.1 Å². The molecule has 3 heterocycles. The van der Waals surface area contributed by atoms with Gasteiger partial charge in [-0.2, -0.15) is 11.8 Å². The van der Waals surface area contributed by atoms with Gasteiger partial charge < -0.3 is 19.7 Å². The van der Waals surface area contributed by atoms with Crippen LogP contribution in [0.1, 0.15) is 16.1 Å². The molecule has 8 heteroatoms. The molecule has 1 aromatic carbocycles. The molecule has 0 saturated carbocycles. The van der Waals surface area contributed by atoms with E-state index in [-0.39, 0.29) is 5.91 Å². The number of aromatic nitrogens is 2. The number of thioether (sulfide) groups is 1. The van der Waals surface area contributed by atoms with E-state index in [1.165, 1.54) is 0 Å². The third-order valence-electron chi connectivity index (χ3n) is 5.05. The van der Waals surface area contributed by atoms with Gasteiger partial charge in [-0.25, -0.2) is 9.97 Å². The van der Waals surface area contributed by atoms with E-state index in [2.05, 4.69) is 15.3 Å². The fourth-order valence-electron chi connectivity index (χ4n) is 3.46. The minimum absolute atomic E-state index is 0.0201. The number of carbonyl (C=O) groups is 1. The molecule has 1 aliphatic rings. The zero-order valence-corrected chi connectivity index (χ0v) is 18.1. The largest absolute Gasteiger partial charge is 0.493 e. The molecule has 0 unspecified atom stereocenters. The molecule has 1 N–H and O–H groups in total. The fraction of sp³-hybridized carbons (Fsp3) is 0.318. The van der Waals surface area contributed by atoms with Gasteiger partial charge in [-0.15, -0.1) is 0 Å². The van der Waals surface area contributed by atoms with Crippen LogP contribution in [0.4, 0.5) is 11.4 Å². The zero-order chi connectivity index (χ0) is 21.1. The van der Waals surface area contributed by atoms with E-state index in [4.69, 9.17) is 9.47 Å². The Balaban J connectivity index is 1.80. The molecule has 1 saturated heterocycles. The van der Waals surface area contributed by atoms with Crippen LogP contribution in [0.5, 0.6) is 11.5 Å². The van der Waals surface area contributed by atoms with Crippen LogP contribution in [0.15, 0.2) is 36.5 Å².